The van der Waals surface area contributed by atoms with Crippen LogP contribution < -0.4 is 0 Å². The Morgan fingerprint density at radius 2 is 2.00 bits per heavy atom. The van der Waals surface area contributed by atoms with Gasteiger partial charge in [0.25, 0.3) is 0 Å². The Morgan fingerprint density at radius 3 is 2.53 bits per heavy atom. The van der Waals surface area contributed by atoms with E-state index in [2.05, 4.69) is 0 Å². The fourth-order valence-corrected chi connectivity index (χ4v) is 1.58. The van der Waals surface area contributed by atoms with Gasteiger partial charge >= 0.3 is 0 Å². The van der Waals surface area contributed by atoms with Crippen LogP contribution in [0.1, 0.15) is 17.3 Å². The van der Waals surface area contributed by atoms with Crippen molar-refractivity contribution >= 4 is 5.78 Å². The Bertz CT molecular complexity index is 347. The third-order valence-corrected chi connectivity index (χ3v) is 2.26. The van der Waals surface area contributed by atoms with Gasteiger partial charge < -0.3 is 10.0 Å². The fraction of sp³-hybridized carbons (Fsp3) is 0.417. The molecule has 3 heteroatoms. The van der Waals surface area contributed by atoms with E-state index in [1.807, 2.05) is 25.9 Å². The number of phenols is 1. The molecule has 0 aliphatic carbocycles. The van der Waals surface area contributed by atoms with Gasteiger partial charge in [-0.25, -0.2) is 0 Å². The first-order valence-corrected chi connectivity index (χ1v) is 4.99. The lowest BCUT2D eigenvalue weighted by Gasteiger charge is -2.16. The molecule has 0 bridgehead atoms. The standard InChI is InChI=1S/C12H17NO2/c1-9(8-13(2)3)12(15)10-6-4-5-7-11(10)14/h4-7,9,14H,8H2,1-3H3. The highest BCUT2D eigenvalue weighted by Gasteiger charge is 2.18. The molecule has 0 fully saturated rings. The van der Waals surface area contributed by atoms with Crippen molar-refractivity contribution in [2.24, 2.45) is 5.92 Å². The number of hydrogen-bond donors (Lipinski definition) is 1. The van der Waals surface area contributed by atoms with Crippen LogP contribution in [0.5, 0.6) is 5.75 Å². The van der Waals surface area contributed by atoms with Gasteiger partial charge in [-0.05, 0) is 26.2 Å². The zero-order chi connectivity index (χ0) is 11.4. The lowest BCUT2D eigenvalue weighted by molar-refractivity contribution is 0.0907. The smallest absolute Gasteiger partial charge is 0.170 e. The van der Waals surface area contributed by atoms with Crippen LogP contribution in [0.15, 0.2) is 24.3 Å². The lowest BCUT2D eigenvalue weighted by atomic mass is 9.98. The van der Waals surface area contributed by atoms with Crippen molar-refractivity contribution in [1.29, 1.82) is 0 Å². The fourth-order valence-electron chi connectivity index (χ4n) is 1.58. The zero-order valence-electron chi connectivity index (χ0n) is 9.40. The molecule has 0 heterocycles. The van der Waals surface area contributed by atoms with Crippen LogP contribution in [-0.2, 0) is 0 Å². The first-order valence-electron chi connectivity index (χ1n) is 4.99. The first kappa shape index (κ1) is 11.7. The number of hydrogen-bond acceptors (Lipinski definition) is 3. The molecule has 1 rings (SSSR count). The molecule has 0 radical (unpaired) electrons. The molecule has 1 unspecified atom stereocenters. The molecule has 0 spiro atoms. The van der Waals surface area contributed by atoms with Crippen molar-refractivity contribution < 1.29 is 9.90 Å². The summed E-state index contributed by atoms with van der Waals surface area (Å²) in [4.78, 5) is 13.9. The SMILES string of the molecule is CC(CN(C)C)C(=O)c1ccccc1O. The minimum Gasteiger partial charge on any atom is -0.507 e. The van der Waals surface area contributed by atoms with E-state index < -0.39 is 0 Å². The first-order chi connectivity index (χ1) is 7.02. The lowest BCUT2D eigenvalue weighted by Crippen LogP contribution is -2.25. The van der Waals surface area contributed by atoms with E-state index in [1.165, 1.54) is 6.07 Å². The van der Waals surface area contributed by atoms with Gasteiger partial charge in [0.05, 0.1) is 5.56 Å². The number of Topliss-reactive ketones (excluding diaryl/α,β-unsaturated/α-hetero) is 1. The van der Waals surface area contributed by atoms with Crippen molar-refractivity contribution in [3.8, 4) is 5.75 Å². The molecule has 1 aromatic carbocycles. The van der Waals surface area contributed by atoms with Crippen LogP contribution >= 0.6 is 0 Å². The number of ketones is 1. The van der Waals surface area contributed by atoms with E-state index in [0.717, 1.165) is 0 Å². The van der Waals surface area contributed by atoms with E-state index >= 15 is 0 Å². The Hall–Kier alpha value is -1.35. The monoisotopic (exact) mass is 207 g/mol. The van der Waals surface area contributed by atoms with Crippen LogP contribution in [0, 0.1) is 5.92 Å². The topological polar surface area (TPSA) is 40.5 Å². The summed E-state index contributed by atoms with van der Waals surface area (Å²) < 4.78 is 0. The molecule has 0 aliphatic rings. The molecule has 0 aromatic heterocycles. The second-order valence-electron chi connectivity index (χ2n) is 4.04. The summed E-state index contributed by atoms with van der Waals surface area (Å²) in [6.07, 6.45) is 0. The molecule has 0 amide bonds. The second kappa shape index (κ2) is 4.94. The van der Waals surface area contributed by atoms with Gasteiger partial charge in [0.1, 0.15) is 5.75 Å². The van der Waals surface area contributed by atoms with Crippen LogP contribution in [-0.4, -0.2) is 36.4 Å². The molecular weight excluding hydrogens is 190 g/mol. The molecule has 0 saturated carbocycles. The summed E-state index contributed by atoms with van der Waals surface area (Å²) in [6.45, 7) is 2.56. The van der Waals surface area contributed by atoms with Crippen molar-refractivity contribution in [3.05, 3.63) is 29.8 Å². The van der Waals surface area contributed by atoms with Crippen LogP contribution in [0.25, 0.3) is 0 Å². The highest BCUT2D eigenvalue weighted by atomic mass is 16.3. The molecule has 0 saturated heterocycles. The van der Waals surface area contributed by atoms with Gasteiger partial charge in [0, 0.05) is 12.5 Å². The van der Waals surface area contributed by atoms with E-state index in [4.69, 9.17) is 0 Å². The van der Waals surface area contributed by atoms with Crippen LogP contribution in [0.3, 0.4) is 0 Å². The minimum atomic E-state index is -0.103. The number of carbonyl (C=O) groups excluding carboxylic acids is 1. The van der Waals surface area contributed by atoms with Gasteiger partial charge in [0.2, 0.25) is 0 Å². The summed E-state index contributed by atoms with van der Waals surface area (Å²) in [5.74, 6) is -0.0526. The normalized spacial score (nSPS) is 12.8. The van der Waals surface area contributed by atoms with E-state index in [9.17, 15) is 9.90 Å². The second-order valence-corrected chi connectivity index (χ2v) is 4.04. The van der Waals surface area contributed by atoms with Crippen LogP contribution in [0.4, 0.5) is 0 Å². The van der Waals surface area contributed by atoms with E-state index in [0.29, 0.717) is 12.1 Å². The van der Waals surface area contributed by atoms with Gasteiger partial charge in [-0.1, -0.05) is 19.1 Å². The van der Waals surface area contributed by atoms with Crippen molar-refractivity contribution in [1.82, 2.24) is 4.90 Å². The number of aromatic hydroxyl groups is 1. The van der Waals surface area contributed by atoms with E-state index in [-0.39, 0.29) is 17.5 Å². The summed E-state index contributed by atoms with van der Waals surface area (Å²) in [5, 5.41) is 9.53. The van der Waals surface area contributed by atoms with Crippen molar-refractivity contribution in [2.75, 3.05) is 20.6 Å². The maximum absolute atomic E-state index is 11.9. The molecular formula is C12H17NO2. The summed E-state index contributed by atoms with van der Waals surface area (Å²) >= 11 is 0. The molecule has 3 nitrogen and oxygen atoms in total. The number of carbonyl (C=O) groups is 1. The summed E-state index contributed by atoms with van der Waals surface area (Å²) in [6, 6.07) is 6.66. The highest BCUT2D eigenvalue weighted by Crippen LogP contribution is 2.19. The van der Waals surface area contributed by atoms with Gasteiger partial charge in [0.15, 0.2) is 5.78 Å². The Balaban J connectivity index is 2.81. The van der Waals surface area contributed by atoms with Gasteiger partial charge in [-0.3, -0.25) is 4.79 Å². The van der Waals surface area contributed by atoms with Crippen LogP contribution in [0.2, 0.25) is 0 Å². The van der Waals surface area contributed by atoms with Gasteiger partial charge in [-0.2, -0.15) is 0 Å². The quantitative estimate of drug-likeness (QED) is 0.765. The minimum absolute atomic E-state index is 0.0122. The number of nitrogens with zero attached hydrogens (tertiary/aromatic N) is 1. The number of para-hydroxylation sites is 1. The predicted molar refractivity (Wildman–Crippen MR) is 60.2 cm³/mol. The Labute approximate surface area is 90.3 Å². The number of rotatable bonds is 4. The Morgan fingerprint density at radius 1 is 1.40 bits per heavy atom. The number of phenolic OH excluding ortho intramolecular Hbond substituents is 1. The largest absolute Gasteiger partial charge is 0.507 e. The summed E-state index contributed by atoms with van der Waals surface area (Å²) in [7, 11) is 3.85. The van der Waals surface area contributed by atoms with Crippen molar-refractivity contribution in [3.63, 3.8) is 0 Å². The zero-order valence-corrected chi connectivity index (χ0v) is 9.40. The summed E-state index contributed by atoms with van der Waals surface area (Å²) in [5.41, 5.74) is 0.409. The van der Waals surface area contributed by atoms with Gasteiger partial charge in [-0.15, -0.1) is 0 Å². The third-order valence-electron chi connectivity index (χ3n) is 2.26. The molecule has 1 aromatic rings. The Kier molecular flexibility index (Phi) is 3.86. The predicted octanol–water partition coefficient (Wildman–Crippen LogP) is 1.77. The molecule has 0 aliphatic heterocycles. The van der Waals surface area contributed by atoms with E-state index in [1.54, 1.807) is 18.2 Å². The highest BCUT2D eigenvalue weighted by molar-refractivity contribution is 6.00. The maximum atomic E-state index is 11.9. The molecule has 82 valence electrons. The molecule has 1 N–H and O–H groups in total. The molecule has 15 heavy (non-hydrogen) atoms. The van der Waals surface area contributed by atoms with Crippen molar-refractivity contribution in [2.45, 2.75) is 6.92 Å². The average molecular weight is 207 g/mol. The molecule has 1 atom stereocenters. The average Bonchev–Trinajstić information content (AvgIpc) is 2.16. The third kappa shape index (κ3) is 3.06. The maximum Gasteiger partial charge on any atom is 0.170 e. The number of benzene rings is 1.